The maximum absolute atomic E-state index is 12.8. The second kappa shape index (κ2) is 9.62. The highest BCUT2D eigenvalue weighted by Crippen LogP contribution is 2.44. The van der Waals surface area contributed by atoms with Crippen molar-refractivity contribution in [2.75, 3.05) is 26.3 Å². The quantitative estimate of drug-likeness (QED) is 0.669. The lowest BCUT2D eigenvalue weighted by Crippen LogP contribution is -2.46. The molecule has 1 fully saturated rings. The van der Waals surface area contributed by atoms with E-state index in [0.717, 1.165) is 22.3 Å². The van der Waals surface area contributed by atoms with Crippen LogP contribution in [0.5, 0.6) is 0 Å². The summed E-state index contributed by atoms with van der Waals surface area (Å²) in [5.41, 5.74) is 4.48. The number of likely N-dealkylation sites (tertiary alicyclic amines) is 1. The summed E-state index contributed by atoms with van der Waals surface area (Å²) < 4.78 is 11.0. The molecule has 0 spiro atoms. The normalized spacial score (nSPS) is 20.1. The van der Waals surface area contributed by atoms with Gasteiger partial charge in [0.1, 0.15) is 18.6 Å². The summed E-state index contributed by atoms with van der Waals surface area (Å²) in [7, 11) is 0. The van der Waals surface area contributed by atoms with E-state index in [1.165, 1.54) is 4.90 Å². The maximum atomic E-state index is 12.8. The average molecular weight is 453 g/mol. The van der Waals surface area contributed by atoms with E-state index in [1.54, 1.807) is 13.8 Å². The SMILES string of the molecule is CCOC1CN(C(=O)[C@H](C)NC(=O)OCC2c3ccccc3-c3ccccc32)CC1C(=O)O. The maximum Gasteiger partial charge on any atom is 0.407 e. The van der Waals surface area contributed by atoms with Crippen LogP contribution in [0.1, 0.15) is 30.9 Å². The van der Waals surface area contributed by atoms with E-state index in [0.29, 0.717) is 6.61 Å². The van der Waals surface area contributed by atoms with Gasteiger partial charge in [0.15, 0.2) is 0 Å². The number of nitrogens with one attached hydrogen (secondary N) is 1. The Labute approximate surface area is 192 Å². The van der Waals surface area contributed by atoms with Crippen LogP contribution in [0.25, 0.3) is 11.1 Å². The fourth-order valence-corrected chi connectivity index (χ4v) is 4.73. The first kappa shape index (κ1) is 22.8. The van der Waals surface area contributed by atoms with Gasteiger partial charge in [0.2, 0.25) is 5.91 Å². The Morgan fingerprint density at radius 2 is 1.67 bits per heavy atom. The number of carbonyl (C=O) groups is 3. The molecule has 2 aromatic rings. The van der Waals surface area contributed by atoms with E-state index in [1.807, 2.05) is 36.4 Å². The highest BCUT2D eigenvalue weighted by molar-refractivity contribution is 5.86. The number of nitrogens with zero attached hydrogens (tertiary/aromatic N) is 1. The van der Waals surface area contributed by atoms with Crippen molar-refractivity contribution in [2.24, 2.45) is 5.92 Å². The molecule has 174 valence electrons. The fraction of sp³-hybridized carbons (Fsp3) is 0.400. The molecule has 4 rings (SSSR count). The Morgan fingerprint density at radius 3 is 2.24 bits per heavy atom. The summed E-state index contributed by atoms with van der Waals surface area (Å²) in [5, 5.41) is 12.0. The molecule has 0 saturated carbocycles. The topological polar surface area (TPSA) is 105 Å². The summed E-state index contributed by atoms with van der Waals surface area (Å²) in [6, 6.07) is 15.3. The van der Waals surface area contributed by atoms with Gasteiger partial charge in [-0.2, -0.15) is 0 Å². The van der Waals surface area contributed by atoms with Crippen LogP contribution in [0.3, 0.4) is 0 Å². The lowest BCUT2D eigenvalue weighted by Gasteiger charge is -2.22. The summed E-state index contributed by atoms with van der Waals surface area (Å²) in [6.45, 7) is 4.09. The van der Waals surface area contributed by atoms with Crippen LogP contribution in [0.2, 0.25) is 0 Å². The predicted molar refractivity (Wildman–Crippen MR) is 121 cm³/mol. The van der Waals surface area contributed by atoms with Crippen molar-refractivity contribution < 1.29 is 29.0 Å². The van der Waals surface area contributed by atoms with E-state index < -0.39 is 30.1 Å². The summed E-state index contributed by atoms with van der Waals surface area (Å²) in [5.74, 6) is -2.22. The van der Waals surface area contributed by atoms with Gasteiger partial charge in [0, 0.05) is 25.6 Å². The Balaban J connectivity index is 1.35. The minimum atomic E-state index is -0.999. The first-order valence-electron chi connectivity index (χ1n) is 11.1. The molecule has 8 nitrogen and oxygen atoms in total. The monoisotopic (exact) mass is 452 g/mol. The van der Waals surface area contributed by atoms with Crippen LogP contribution in [-0.2, 0) is 19.1 Å². The number of aliphatic carboxylic acids is 1. The Morgan fingerprint density at radius 1 is 1.06 bits per heavy atom. The number of amides is 2. The average Bonchev–Trinajstić information content (AvgIpc) is 3.37. The van der Waals surface area contributed by atoms with Gasteiger partial charge in [-0.25, -0.2) is 4.79 Å². The van der Waals surface area contributed by atoms with Gasteiger partial charge in [0.25, 0.3) is 0 Å². The Kier molecular flexibility index (Phi) is 6.65. The number of ether oxygens (including phenoxy) is 2. The van der Waals surface area contributed by atoms with Gasteiger partial charge in [-0.05, 0) is 36.1 Å². The van der Waals surface area contributed by atoms with Gasteiger partial charge >= 0.3 is 12.1 Å². The lowest BCUT2D eigenvalue weighted by molar-refractivity contribution is -0.145. The van der Waals surface area contributed by atoms with Crippen molar-refractivity contribution in [3.05, 3.63) is 59.7 Å². The number of fused-ring (bicyclic) bond motifs is 3. The number of hydrogen-bond donors (Lipinski definition) is 2. The zero-order valence-electron chi connectivity index (χ0n) is 18.7. The van der Waals surface area contributed by atoms with Crippen molar-refractivity contribution in [3.63, 3.8) is 0 Å². The largest absolute Gasteiger partial charge is 0.481 e. The predicted octanol–water partition coefficient (Wildman–Crippen LogP) is 2.86. The first-order chi connectivity index (χ1) is 15.9. The molecule has 1 saturated heterocycles. The van der Waals surface area contributed by atoms with Gasteiger partial charge in [-0.15, -0.1) is 0 Å². The van der Waals surface area contributed by atoms with E-state index in [-0.39, 0.29) is 31.5 Å². The molecule has 1 aliphatic carbocycles. The van der Waals surface area contributed by atoms with Gasteiger partial charge < -0.3 is 24.8 Å². The van der Waals surface area contributed by atoms with Crippen molar-refractivity contribution in [2.45, 2.75) is 31.9 Å². The molecular weight excluding hydrogens is 424 g/mol. The third-order valence-electron chi connectivity index (χ3n) is 6.32. The number of rotatable bonds is 7. The summed E-state index contributed by atoms with van der Waals surface area (Å²) >= 11 is 0. The molecule has 1 heterocycles. The van der Waals surface area contributed by atoms with Crippen LogP contribution >= 0.6 is 0 Å². The standard InChI is InChI=1S/C25H28N2O6/c1-3-32-22-13-27(12-20(22)24(29)30)23(28)15(2)26-25(31)33-14-21-18-10-6-4-8-16(18)17-9-5-7-11-19(17)21/h4-11,15,20-22H,3,12-14H2,1-2H3,(H,26,31)(H,29,30)/t15-,20?,22?/m0/s1. The van der Waals surface area contributed by atoms with E-state index in [2.05, 4.69) is 17.4 Å². The first-order valence-corrected chi connectivity index (χ1v) is 11.1. The molecule has 1 aliphatic heterocycles. The molecule has 2 unspecified atom stereocenters. The van der Waals surface area contributed by atoms with Gasteiger partial charge in [-0.3, -0.25) is 9.59 Å². The van der Waals surface area contributed by atoms with Crippen LogP contribution < -0.4 is 5.32 Å². The number of hydrogen-bond acceptors (Lipinski definition) is 5. The summed E-state index contributed by atoms with van der Waals surface area (Å²) in [4.78, 5) is 38.2. The lowest BCUT2D eigenvalue weighted by atomic mass is 9.98. The molecule has 2 amide bonds. The van der Waals surface area contributed by atoms with Crippen molar-refractivity contribution in [3.8, 4) is 11.1 Å². The highest BCUT2D eigenvalue weighted by atomic mass is 16.5. The van der Waals surface area contributed by atoms with Crippen LogP contribution in [0.15, 0.2) is 48.5 Å². The summed E-state index contributed by atoms with van der Waals surface area (Å²) in [6.07, 6.45) is -1.24. The number of benzene rings is 2. The van der Waals surface area contributed by atoms with Crippen LogP contribution in [-0.4, -0.2) is 66.4 Å². The molecule has 3 atom stereocenters. The Hall–Kier alpha value is -3.39. The number of carbonyl (C=O) groups excluding carboxylic acids is 2. The molecule has 33 heavy (non-hydrogen) atoms. The third kappa shape index (κ3) is 4.57. The van der Waals surface area contributed by atoms with Crippen molar-refractivity contribution in [1.29, 1.82) is 0 Å². The fourth-order valence-electron chi connectivity index (χ4n) is 4.73. The second-order valence-corrected chi connectivity index (χ2v) is 8.37. The molecule has 0 bridgehead atoms. The van der Waals surface area contributed by atoms with Crippen LogP contribution in [0, 0.1) is 5.92 Å². The minimum Gasteiger partial charge on any atom is -0.481 e. The molecule has 0 radical (unpaired) electrons. The molecule has 0 aromatic heterocycles. The minimum absolute atomic E-state index is 0.0511. The Bertz CT molecular complexity index is 1010. The molecule has 8 heteroatoms. The van der Waals surface area contributed by atoms with Crippen LogP contribution in [0.4, 0.5) is 4.79 Å². The smallest absolute Gasteiger partial charge is 0.407 e. The van der Waals surface area contributed by atoms with E-state index in [4.69, 9.17) is 9.47 Å². The zero-order valence-corrected chi connectivity index (χ0v) is 18.7. The molecule has 2 N–H and O–H groups in total. The molecule has 2 aliphatic rings. The molecule has 2 aromatic carbocycles. The van der Waals surface area contributed by atoms with Crippen molar-refractivity contribution >= 4 is 18.0 Å². The van der Waals surface area contributed by atoms with Crippen molar-refractivity contribution in [1.82, 2.24) is 10.2 Å². The zero-order chi connectivity index (χ0) is 23.5. The van der Waals surface area contributed by atoms with Gasteiger partial charge in [0.05, 0.1) is 6.10 Å². The van der Waals surface area contributed by atoms with Gasteiger partial charge in [-0.1, -0.05) is 48.5 Å². The van der Waals surface area contributed by atoms with E-state index in [9.17, 15) is 19.5 Å². The number of carboxylic acids is 1. The number of alkyl carbamates (subject to hydrolysis) is 1. The highest BCUT2D eigenvalue weighted by Gasteiger charge is 2.41. The number of carboxylic acid groups (broad SMARTS) is 1. The second-order valence-electron chi connectivity index (χ2n) is 8.37. The van der Waals surface area contributed by atoms with E-state index >= 15 is 0 Å². The molecular formula is C25H28N2O6. The third-order valence-corrected chi connectivity index (χ3v) is 6.32.